The molecule has 0 radical (unpaired) electrons. The van der Waals surface area contributed by atoms with Gasteiger partial charge in [0.2, 0.25) is 0 Å². The highest BCUT2D eigenvalue weighted by molar-refractivity contribution is 5.47. The summed E-state index contributed by atoms with van der Waals surface area (Å²) in [5.74, 6) is 4.20. The summed E-state index contributed by atoms with van der Waals surface area (Å²) in [5, 5.41) is 3.57. The molecular weight excluding hydrogens is 270 g/mol. The maximum Gasteiger partial charge on any atom is 0.127 e. The van der Waals surface area contributed by atoms with Crippen molar-refractivity contribution in [2.75, 3.05) is 11.9 Å². The average molecular weight is 291 g/mol. The molecule has 0 aliphatic heterocycles. The molecule has 0 heterocycles. The van der Waals surface area contributed by atoms with E-state index in [9.17, 15) is 0 Å². The van der Waals surface area contributed by atoms with Crippen LogP contribution in [0.5, 0.6) is 11.5 Å². The lowest BCUT2D eigenvalue weighted by molar-refractivity contribution is 0.471. The zero-order valence-corrected chi connectivity index (χ0v) is 12.6. The van der Waals surface area contributed by atoms with Crippen LogP contribution in [0.3, 0.4) is 0 Å². The Morgan fingerprint density at radius 2 is 1.64 bits per heavy atom. The molecule has 1 fully saturated rings. The fraction of sp³-hybridized carbons (Fsp3) is 0.300. The van der Waals surface area contributed by atoms with Crippen molar-refractivity contribution < 1.29 is 4.74 Å². The number of benzene rings is 2. The summed E-state index contributed by atoms with van der Waals surface area (Å²) in [6, 6.07) is 18.1. The van der Waals surface area contributed by atoms with Gasteiger partial charge in [0.1, 0.15) is 11.5 Å². The second-order valence-electron chi connectivity index (χ2n) is 6.36. The Hall–Kier alpha value is -2.22. The third kappa shape index (κ3) is 2.87. The van der Waals surface area contributed by atoms with Gasteiger partial charge in [0.25, 0.3) is 0 Å². The smallest absolute Gasteiger partial charge is 0.127 e. The van der Waals surface area contributed by atoms with Crippen LogP contribution in [0.2, 0.25) is 0 Å². The van der Waals surface area contributed by atoms with Gasteiger partial charge in [-0.25, -0.2) is 0 Å². The fourth-order valence-corrected chi connectivity index (χ4v) is 3.64. The van der Waals surface area contributed by atoms with Gasteiger partial charge in [-0.05, 0) is 67.0 Å². The number of hydrogen-bond donors (Lipinski definition) is 1. The normalized spacial score (nSPS) is 25.4. The molecule has 2 bridgehead atoms. The van der Waals surface area contributed by atoms with Crippen LogP contribution in [0.1, 0.15) is 12.8 Å². The molecule has 0 spiro atoms. The molecule has 0 aromatic heterocycles. The Bertz CT molecular complexity index is 647. The van der Waals surface area contributed by atoms with E-state index >= 15 is 0 Å². The summed E-state index contributed by atoms with van der Waals surface area (Å²) < 4.78 is 5.81. The highest BCUT2D eigenvalue weighted by Gasteiger charge is 2.35. The molecule has 4 rings (SSSR count). The molecule has 0 amide bonds. The minimum absolute atomic E-state index is 0.801. The van der Waals surface area contributed by atoms with E-state index in [0.29, 0.717) is 0 Å². The second-order valence-corrected chi connectivity index (χ2v) is 6.36. The quantitative estimate of drug-likeness (QED) is 0.773. The van der Waals surface area contributed by atoms with Crippen molar-refractivity contribution in [2.24, 2.45) is 17.8 Å². The Morgan fingerprint density at radius 3 is 2.32 bits per heavy atom. The minimum Gasteiger partial charge on any atom is -0.457 e. The van der Waals surface area contributed by atoms with Crippen molar-refractivity contribution in [3.05, 3.63) is 66.7 Å². The van der Waals surface area contributed by atoms with Gasteiger partial charge in [0.05, 0.1) is 0 Å². The fourth-order valence-electron chi connectivity index (χ4n) is 3.64. The number of hydrogen-bond acceptors (Lipinski definition) is 2. The van der Waals surface area contributed by atoms with Crippen LogP contribution >= 0.6 is 0 Å². The van der Waals surface area contributed by atoms with Crippen molar-refractivity contribution in [1.29, 1.82) is 0 Å². The van der Waals surface area contributed by atoms with Crippen molar-refractivity contribution in [3.63, 3.8) is 0 Å². The minimum atomic E-state index is 0.801. The molecule has 1 saturated carbocycles. The van der Waals surface area contributed by atoms with Gasteiger partial charge < -0.3 is 10.1 Å². The largest absolute Gasteiger partial charge is 0.457 e. The van der Waals surface area contributed by atoms with Crippen molar-refractivity contribution in [1.82, 2.24) is 0 Å². The predicted octanol–water partition coefficient (Wildman–Crippen LogP) is 5.10. The number of rotatable bonds is 5. The Balaban J connectivity index is 1.33. The van der Waals surface area contributed by atoms with E-state index in [1.54, 1.807) is 0 Å². The van der Waals surface area contributed by atoms with E-state index in [0.717, 1.165) is 35.8 Å². The summed E-state index contributed by atoms with van der Waals surface area (Å²) in [7, 11) is 0. The van der Waals surface area contributed by atoms with Crippen LogP contribution in [-0.4, -0.2) is 6.54 Å². The molecule has 3 unspecified atom stereocenters. The maximum absolute atomic E-state index is 5.81. The third-order valence-corrected chi connectivity index (χ3v) is 4.82. The molecule has 0 saturated heterocycles. The molecule has 2 aliphatic carbocycles. The average Bonchev–Trinajstić information content (AvgIpc) is 3.18. The third-order valence-electron chi connectivity index (χ3n) is 4.82. The molecular formula is C20H21NO. The first-order chi connectivity index (χ1) is 10.9. The highest BCUT2D eigenvalue weighted by Crippen LogP contribution is 2.43. The van der Waals surface area contributed by atoms with Gasteiger partial charge in [-0.1, -0.05) is 30.4 Å². The molecule has 2 aromatic carbocycles. The lowest BCUT2D eigenvalue weighted by atomic mass is 9.93. The molecule has 2 aliphatic rings. The first-order valence-corrected chi connectivity index (χ1v) is 8.12. The van der Waals surface area contributed by atoms with E-state index in [1.807, 2.05) is 42.5 Å². The van der Waals surface area contributed by atoms with E-state index in [1.165, 1.54) is 18.5 Å². The maximum atomic E-state index is 5.81. The SMILES string of the molecule is C1=CC2CC1CC2CNc1ccc(Oc2ccccc2)cc1. The highest BCUT2D eigenvalue weighted by atomic mass is 16.5. The van der Waals surface area contributed by atoms with Crippen LogP contribution in [0.4, 0.5) is 5.69 Å². The number of fused-ring (bicyclic) bond motifs is 2. The molecule has 112 valence electrons. The van der Waals surface area contributed by atoms with Gasteiger partial charge in [-0.2, -0.15) is 0 Å². The molecule has 1 N–H and O–H groups in total. The first kappa shape index (κ1) is 13.4. The van der Waals surface area contributed by atoms with Gasteiger partial charge in [-0.15, -0.1) is 0 Å². The summed E-state index contributed by atoms with van der Waals surface area (Å²) in [6.07, 6.45) is 7.54. The number of ether oxygens (including phenoxy) is 1. The van der Waals surface area contributed by atoms with E-state index < -0.39 is 0 Å². The topological polar surface area (TPSA) is 21.3 Å². The predicted molar refractivity (Wildman–Crippen MR) is 90.3 cm³/mol. The van der Waals surface area contributed by atoms with Crippen LogP contribution in [-0.2, 0) is 0 Å². The van der Waals surface area contributed by atoms with Crippen molar-refractivity contribution >= 4 is 5.69 Å². The summed E-state index contributed by atoms with van der Waals surface area (Å²) in [5.41, 5.74) is 1.17. The van der Waals surface area contributed by atoms with E-state index in [-0.39, 0.29) is 0 Å². The molecule has 2 aromatic rings. The molecule has 3 atom stereocenters. The lowest BCUT2D eigenvalue weighted by Gasteiger charge is -2.19. The monoisotopic (exact) mass is 291 g/mol. The van der Waals surface area contributed by atoms with Gasteiger partial charge in [0, 0.05) is 12.2 Å². The van der Waals surface area contributed by atoms with E-state index in [4.69, 9.17) is 4.74 Å². The van der Waals surface area contributed by atoms with Crippen LogP contribution in [0.15, 0.2) is 66.7 Å². The Kier molecular flexibility index (Phi) is 3.59. The number of allylic oxidation sites excluding steroid dienone is 2. The standard InChI is InChI=1S/C20H21NO/c1-2-4-19(5-3-1)22-20-10-8-18(9-11-20)21-14-17-13-15-6-7-16(17)12-15/h1-11,15-17,21H,12-14H2. The van der Waals surface area contributed by atoms with E-state index in [2.05, 4.69) is 29.6 Å². The van der Waals surface area contributed by atoms with Crippen molar-refractivity contribution in [3.8, 4) is 11.5 Å². The first-order valence-electron chi connectivity index (χ1n) is 8.12. The molecule has 22 heavy (non-hydrogen) atoms. The zero-order valence-electron chi connectivity index (χ0n) is 12.6. The molecule has 2 nitrogen and oxygen atoms in total. The molecule has 2 heteroatoms. The summed E-state index contributed by atoms with van der Waals surface area (Å²) in [6.45, 7) is 1.07. The number of para-hydroxylation sites is 1. The zero-order chi connectivity index (χ0) is 14.8. The van der Waals surface area contributed by atoms with Crippen molar-refractivity contribution in [2.45, 2.75) is 12.8 Å². The summed E-state index contributed by atoms with van der Waals surface area (Å²) in [4.78, 5) is 0. The Labute approximate surface area is 131 Å². The van der Waals surface area contributed by atoms with Crippen LogP contribution in [0.25, 0.3) is 0 Å². The van der Waals surface area contributed by atoms with Gasteiger partial charge >= 0.3 is 0 Å². The second kappa shape index (κ2) is 5.88. The summed E-state index contributed by atoms with van der Waals surface area (Å²) >= 11 is 0. The van der Waals surface area contributed by atoms with Crippen LogP contribution < -0.4 is 10.1 Å². The van der Waals surface area contributed by atoms with Crippen LogP contribution in [0, 0.1) is 17.8 Å². The number of nitrogens with one attached hydrogen (secondary N) is 1. The lowest BCUT2D eigenvalue weighted by Crippen LogP contribution is -2.18. The van der Waals surface area contributed by atoms with Gasteiger partial charge in [-0.3, -0.25) is 0 Å². The van der Waals surface area contributed by atoms with Gasteiger partial charge in [0.15, 0.2) is 0 Å². The number of anilines is 1. The Morgan fingerprint density at radius 1 is 0.864 bits per heavy atom.